The van der Waals surface area contributed by atoms with E-state index < -0.39 is 0 Å². The molecule has 1 amide bonds. The number of nitrogens with one attached hydrogen (secondary N) is 1. The van der Waals surface area contributed by atoms with Crippen molar-refractivity contribution < 1.29 is 4.79 Å². The Morgan fingerprint density at radius 3 is 2.91 bits per heavy atom. The number of nitrogens with zero attached hydrogens (tertiary/aromatic N) is 3. The molecule has 22 heavy (non-hydrogen) atoms. The summed E-state index contributed by atoms with van der Waals surface area (Å²) >= 11 is 1.35. The van der Waals surface area contributed by atoms with E-state index in [1.807, 2.05) is 11.4 Å². The Bertz CT molecular complexity index is 651. The predicted octanol–water partition coefficient (Wildman–Crippen LogP) is 1.69. The highest BCUT2D eigenvalue weighted by atomic mass is 32.1. The van der Waals surface area contributed by atoms with E-state index in [0.29, 0.717) is 23.5 Å². The number of nitrogens with two attached hydrogens (primary N) is 1. The van der Waals surface area contributed by atoms with E-state index in [0.717, 1.165) is 24.6 Å². The Hall–Kier alpha value is -2.15. The maximum absolute atomic E-state index is 12.0. The van der Waals surface area contributed by atoms with Crippen molar-refractivity contribution >= 4 is 28.7 Å². The number of nitrogen functional groups attached to an aromatic ring is 1. The summed E-state index contributed by atoms with van der Waals surface area (Å²) in [6.07, 6.45) is 4.72. The van der Waals surface area contributed by atoms with Crippen LogP contribution in [0.25, 0.3) is 0 Å². The van der Waals surface area contributed by atoms with Crippen molar-refractivity contribution in [1.82, 2.24) is 15.3 Å². The third-order valence-corrected chi connectivity index (χ3v) is 4.64. The summed E-state index contributed by atoms with van der Waals surface area (Å²) in [7, 11) is 0. The zero-order valence-electron chi connectivity index (χ0n) is 12.3. The normalized spacial score (nSPS) is 14.3. The minimum absolute atomic E-state index is 0.124. The number of thiophene rings is 1. The van der Waals surface area contributed by atoms with E-state index in [4.69, 9.17) is 5.73 Å². The molecule has 1 aliphatic heterocycles. The summed E-state index contributed by atoms with van der Waals surface area (Å²) in [5, 5.41) is 4.70. The van der Waals surface area contributed by atoms with Gasteiger partial charge in [0.2, 0.25) is 0 Å². The molecule has 0 radical (unpaired) electrons. The van der Waals surface area contributed by atoms with Crippen LogP contribution in [0.1, 0.15) is 28.2 Å². The van der Waals surface area contributed by atoms with Crippen LogP contribution in [-0.4, -0.2) is 35.5 Å². The van der Waals surface area contributed by atoms with Crippen LogP contribution in [0.15, 0.2) is 23.8 Å². The molecule has 1 aliphatic rings. The van der Waals surface area contributed by atoms with Crippen molar-refractivity contribution in [2.45, 2.75) is 19.3 Å². The number of carbonyl (C=O) groups excluding carboxylic acids is 1. The molecule has 0 bridgehead atoms. The third kappa shape index (κ3) is 3.36. The maximum Gasteiger partial charge on any atom is 0.263 e. The van der Waals surface area contributed by atoms with Gasteiger partial charge in [-0.15, -0.1) is 11.3 Å². The molecule has 0 unspecified atom stereocenters. The van der Waals surface area contributed by atoms with Gasteiger partial charge in [0.15, 0.2) is 0 Å². The van der Waals surface area contributed by atoms with Gasteiger partial charge in [-0.2, -0.15) is 0 Å². The quantitative estimate of drug-likeness (QED) is 0.877. The molecule has 0 spiro atoms. The zero-order chi connectivity index (χ0) is 15.4. The maximum atomic E-state index is 12.0. The van der Waals surface area contributed by atoms with Crippen LogP contribution in [0, 0.1) is 0 Å². The van der Waals surface area contributed by atoms with Crippen molar-refractivity contribution in [3.63, 3.8) is 0 Å². The molecule has 1 fully saturated rings. The van der Waals surface area contributed by atoms with Gasteiger partial charge in [0.05, 0.1) is 5.69 Å². The van der Waals surface area contributed by atoms with E-state index in [1.165, 1.54) is 24.2 Å². The van der Waals surface area contributed by atoms with Crippen LogP contribution in [-0.2, 0) is 6.42 Å². The molecule has 0 saturated carbocycles. The summed E-state index contributed by atoms with van der Waals surface area (Å²) in [4.78, 5) is 23.4. The second-order valence-corrected chi connectivity index (χ2v) is 6.19. The summed E-state index contributed by atoms with van der Waals surface area (Å²) in [6, 6.07) is 3.75. The van der Waals surface area contributed by atoms with E-state index in [9.17, 15) is 4.79 Å². The van der Waals surface area contributed by atoms with Crippen LogP contribution in [0.3, 0.4) is 0 Å². The Morgan fingerprint density at radius 2 is 2.18 bits per heavy atom. The Labute approximate surface area is 133 Å². The molecule has 3 heterocycles. The van der Waals surface area contributed by atoms with E-state index in [2.05, 4.69) is 20.2 Å². The fourth-order valence-corrected chi connectivity index (χ4v) is 3.26. The van der Waals surface area contributed by atoms with Gasteiger partial charge in [0.25, 0.3) is 5.91 Å². The molecule has 7 heteroatoms. The van der Waals surface area contributed by atoms with Crippen LogP contribution >= 0.6 is 11.3 Å². The first-order valence-electron chi connectivity index (χ1n) is 7.41. The van der Waals surface area contributed by atoms with Crippen molar-refractivity contribution in [3.8, 4) is 0 Å². The fourth-order valence-electron chi connectivity index (χ4n) is 2.53. The van der Waals surface area contributed by atoms with Gasteiger partial charge in [-0.3, -0.25) is 4.79 Å². The molecule has 116 valence electrons. The van der Waals surface area contributed by atoms with Gasteiger partial charge >= 0.3 is 0 Å². The molecular formula is C15H19N5OS. The van der Waals surface area contributed by atoms with Gasteiger partial charge in [-0.1, -0.05) is 0 Å². The first-order chi connectivity index (χ1) is 10.7. The lowest BCUT2D eigenvalue weighted by Crippen LogP contribution is -2.26. The largest absolute Gasteiger partial charge is 0.397 e. The highest BCUT2D eigenvalue weighted by Gasteiger charge is 2.14. The predicted molar refractivity (Wildman–Crippen MR) is 88.2 cm³/mol. The Balaban J connectivity index is 1.54. The standard InChI is InChI=1S/C15H19N5OS/c16-12-4-8-22-14(12)15(21)17-5-3-11-9-13(19-10-18-11)20-6-1-2-7-20/h4,8-10H,1-3,5-7,16H2,(H,17,21). The van der Waals surface area contributed by atoms with Crippen LogP contribution in [0.5, 0.6) is 0 Å². The lowest BCUT2D eigenvalue weighted by atomic mass is 10.2. The second kappa shape index (κ2) is 6.74. The first kappa shape index (κ1) is 14.8. The lowest BCUT2D eigenvalue weighted by Gasteiger charge is -2.16. The lowest BCUT2D eigenvalue weighted by molar-refractivity contribution is 0.0959. The van der Waals surface area contributed by atoms with Crippen LogP contribution in [0.4, 0.5) is 11.5 Å². The number of hydrogen-bond acceptors (Lipinski definition) is 6. The van der Waals surface area contributed by atoms with Gasteiger partial charge in [-0.25, -0.2) is 9.97 Å². The monoisotopic (exact) mass is 317 g/mol. The number of aromatic nitrogens is 2. The first-order valence-corrected chi connectivity index (χ1v) is 8.29. The molecule has 6 nitrogen and oxygen atoms in total. The number of rotatable bonds is 5. The molecule has 0 atom stereocenters. The van der Waals surface area contributed by atoms with Crippen molar-refractivity contribution in [1.29, 1.82) is 0 Å². The minimum atomic E-state index is -0.124. The average Bonchev–Trinajstić information content (AvgIpc) is 3.18. The van der Waals surface area contributed by atoms with E-state index in [1.54, 1.807) is 12.4 Å². The molecule has 1 saturated heterocycles. The topological polar surface area (TPSA) is 84.1 Å². The highest BCUT2D eigenvalue weighted by molar-refractivity contribution is 7.12. The second-order valence-electron chi connectivity index (χ2n) is 5.27. The van der Waals surface area contributed by atoms with Crippen LogP contribution in [0.2, 0.25) is 0 Å². The fraction of sp³-hybridized carbons (Fsp3) is 0.400. The minimum Gasteiger partial charge on any atom is -0.397 e. The number of hydrogen-bond donors (Lipinski definition) is 2. The van der Waals surface area contributed by atoms with Gasteiger partial charge in [-0.05, 0) is 24.3 Å². The summed E-state index contributed by atoms with van der Waals surface area (Å²) in [5.41, 5.74) is 7.21. The molecular weight excluding hydrogens is 298 g/mol. The molecule has 0 aliphatic carbocycles. The highest BCUT2D eigenvalue weighted by Crippen LogP contribution is 2.19. The number of amides is 1. The molecule has 0 aromatic carbocycles. The van der Waals surface area contributed by atoms with E-state index in [-0.39, 0.29) is 5.91 Å². The van der Waals surface area contributed by atoms with Gasteiger partial charge in [0.1, 0.15) is 17.0 Å². The molecule has 3 rings (SSSR count). The smallest absolute Gasteiger partial charge is 0.263 e. The molecule has 2 aromatic rings. The van der Waals surface area contributed by atoms with Gasteiger partial charge in [0, 0.05) is 37.8 Å². The zero-order valence-corrected chi connectivity index (χ0v) is 13.1. The van der Waals surface area contributed by atoms with Crippen molar-refractivity contribution in [2.75, 3.05) is 30.3 Å². The van der Waals surface area contributed by atoms with Crippen molar-refractivity contribution in [3.05, 3.63) is 34.4 Å². The SMILES string of the molecule is Nc1ccsc1C(=O)NCCc1cc(N2CCCC2)ncn1. The molecule has 3 N–H and O–H groups in total. The Kier molecular flexibility index (Phi) is 4.53. The third-order valence-electron chi connectivity index (χ3n) is 3.71. The van der Waals surface area contributed by atoms with E-state index >= 15 is 0 Å². The summed E-state index contributed by atoms with van der Waals surface area (Å²) < 4.78 is 0. The summed E-state index contributed by atoms with van der Waals surface area (Å²) in [5.74, 6) is 0.859. The van der Waals surface area contributed by atoms with Crippen LogP contribution < -0.4 is 16.0 Å². The van der Waals surface area contributed by atoms with Crippen molar-refractivity contribution in [2.24, 2.45) is 0 Å². The number of carbonyl (C=O) groups is 1. The molecule has 2 aromatic heterocycles. The summed E-state index contributed by atoms with van der Waals surface area (Å²) in [6.45, 7) is 2.66. The average molecular weight is 317 g/mol. The number of anilines is 2. The Morgan fingerprint density at radius 1 is 1.36 bits per heavy atom. The van der Waals surface area contributed by atoms with Gasteiger partial charge < -0.3 is 16.0 Å².